The summed E-state index contributed by atoms with van der Waals surface area (Å²) in [6.45, 7) is 3.73. The fraction of sp³-hybridized carbons (Fsp3) is 0.100. The minimum absolute atomic E-state index is 0.261. The summed E-state index contributed by atoms with van der Waals surface area (Å²) < 4.78 is 0. The maximum absolute atomic E-state index is 12.5. The summed E-state index contributed by atoms with van der Waals surface area (Å²) in [5.41, 5.74) is 9.30. The third-order valence-corrected chi connectivity index (χ3v) is 5.24. The zero-order valence-electron chi connectivity index (χ0n) is 14.0. The molecule has 0 aliphatic carbocycles. The van der Waals surface area contributed by atoms with Gasteiger partial charge in [0.05, 0.1) is 5.56 Å². The number of nitrogens with two attached hydrogens (primary N) is 1. The first-order valence-corrected chi connectivity index (χ1v) is 8.65. The normalized spacial score (nSPS) is 10.5. The van der Waals surface area contributed by atoms with Crippen molar-refractivity contribution >= 4 is 28.2 Å². The van der Waals surface area contributed by atoms with Gasteiger partial charge in [0.25, 0.3) is 11.8 Å². The van der Waals surface area contributed by atoms with E-state index in [0.717, 1.165) is 21.6 Å². The molecule has 0 unspecified atom stereocenters. The lowest BCUT2D eigenvalue weighted by molar-refractivity contribution is 0.100. The van der Waals surface area contributed by atoms with Gasteiger partial charge < -0.3 is 11.1 Å². The number of carbonyl (C=O) groups excluding carboxylic acids is 2. The number of carbonyl (C=O) groups is 2. The Morgan fingerprint density at radius 2 is 1.52 bits per heavy atom. The van der Waals surface area contributed by atoms with Crippen LogP contribution in [0.2, 0.25) is 0 Å². The van der Waals surface area contributed by atoms with Gasteiger partial charge >= 0.3 is 0 Å². The van der Waals surface area contributed by atoms with E-state index in [0.29, 0.717) is 16.1 Å². The number of rotatable bonds is 4. The summed E-state index contributed by atoms with van der Waals surface area (Å²) in [6.07, 6.45) is 0. The fourth-order valence-corrected chi connectivity index (χ4v) is 3.69. The number of aryl methyl sites for hydroxylation is 1. The first-order chi connectivity index (χ1) is 12.0. The van der Waals surface area contributed by atoms with Gasteiger partial charge in [-0.25, -0.2) is 0 Å². The van der Waals surface area contributed by atoms with Crippen LogP contribution >= 0.6 is 11.3 Å². The zero-order chi connectivity index (χ0) is 18.0. The topological polar surface area (TPSA) is 72.2 Å². The fourth-order valence-electron chi connectivity index (χ4n) is 2.63. The molecule has 4 nitrogen and oxygen atoms in total. The van der Waals surface area contributed by atoms with E-state index in [4.69, 9.17) is 5.73 Å². The van der Waals surface area contributed by atoms with E-state index >= 15 is 0 Å². The molecule has 0 aliphatic heterocycles. The van der Waals surface area contributed by atoms with Crippen LogP contribution in [-0.2, 0) is 0 Å². The molecule has 3 N–H and O–H groups in total. The molecule has 126 valence electrons. The maximum Gasteiger partial charge on any atom is 0.256 e. The Morgan fingerprint density at radius 3 is 2.12 bits per heavy atom. The molecule has 0 spiro atoms. The summed E-state index contributed by atoms with van der Waals surface area (Å²) in [6, 6.07) is 17.3. The highest BCUT2D eigenvalue weighted by Crippen LogP contribution is 2.32. The van der Waals surface area contributed by atoms with Gasteiger partial charge in [0, 0.05) is 10.4 Å². The molecule has 1 heterocycles. The second-order valence-electron chi connectivity index (χ2n) is 5.75. The Balaban J connectivity index is 1.83. The lowest BCUT2D eigenvalue weighted by atomic mass is 10.0. The number of amides is 2. The molecular formula is C20H18N2O2S. The molecule has 2 aromatic carbocycles. The van der Waals surface area contributed by atoms with Gasteiger partial charge in [-0.05, 0) is 42.7 Å². The standard InChI is InChI=1S/C20H18N2O2S/c1-12-13(2)25-20(17(12)18(21)23)22-19(24)16-10-8-15(9-11-16)14-6-4-3-5-7-14/h3-11H,1-2H3,(H2,21,23)(H,22,24). The molecule has 0 saturated carbocycles. The highest BCUT2D eigenvalue weighted by molar-refractivity contribution is 7.16. The van der Waals surface area contributed by atoms with Crippen LogP contribution in [0.15, 0.2) is 54.6 Å². The Bertz CT molecular complexity index is 928. The van der Waals surface area contributed by atoms with Crippen molar-refractivity contribution in [1.29, 1.82) is 0 Å². The van der Waals surface area contributed by atoms with Crippen molar-refractivity contribution < 1.29 is 9.59 Å². The number of nitrogens with one attached hydrogen (secondary N) is 1. The Morgan fingerprint density at radius 1 is 0.920 bits per heavy atom. The van der Waals surface area contributed by atoms with Gasteiger partial charge in [0.15, 0.2) is 0 Å². The van der Waals surface area contributed by atoms with Crippen molar-refractivity contribution in [3.63, 3.8) is 0 Å². The molecule has 25 heavy (non-hydrogen) atoms. The average molecular weight is 350 g/mol. The minimum atomic E-state index is -0.531. The molecule has 3 aromatic rings. The van der Waals surface area contributed by atoms with Crippen LogP contribution < -0.4 is 11.1 Å². The van der Waals surface area contributed by atoms with Crippen LogP contribution in [0, 0.1) is 13.8 Å². The molecule has 0 radical (unpaired) electrons. The van der Waals surface area contributed by atoms with E-state index in [9.17, 15) is 9.59 Å². The monoisotopic (exact) mass is 350 g/mol. The van der Waals surface area contributed by atoms with Crippen molar-refractivity contribution in [3.8, 4) is 11.1 Å². The quantitative estimate of drug-likeness (QED) is 0.733. The van der Waals surface area contributed by atoms with Crippen LogP contribution in [-0.4, -0.2) is 11.8 Å². The van der Waals surface area contributed by atoms with Crippen molar-refractivity contribution in [2.75, 3.05) is 5.32 Å². The first-order valence-electron chi connectivity index (χ1n) is 7.84. The third kappa shape index (κ3) is 3.46. The number of hydrogen-bond donors (Lipinski definition) is 2. The zero-order valence-corrected chi connectivity index (χ0v) is 14.8. The summed E-state index contributed by atoms with van der Waals surface area (Å²) in [5.74, 6) is -0.792. The second kappa shape index (κ2) is 6.91. The van der Waals surface area contributed by atoms with E-state index in [1.54, 1.807) is 12.1 Å². The highest BCUT2D eigenvalue weighted by atomic mass is 32.1. The van der Waals surface area contributed by atoms with Crippen molar-refractivity contribution in [1.82, 2.24) is 0 Å². The van der Waals surface area contributed by atoms with Crippen molar-refractivity contribution in [3.05, 3.63) is 76.2 Å². The van der Waals surface area contributed by atoms with Crippen molar-refractivity contribution in [2.45, 2.75) is 13.8 Å². The Hall–Kier alpha value is -2.92. The van der Waals surface area contributed by atoms with Gasteiger partial charge in [0.1, 0.15) is 5.00 Å². The van der Waals surface area contributed by atoms with E-state index in [1.165, 1.54) is 11.3 Å². The van der Waals surface area contributed by atoms with E-state index in [1.807, 2.05) is 56.3 Å². The lowest BCUT2D eigenvalue weighted by Crippen LogP contribution is -2.17. The molecule has 0 bridgehead atoms. The van der Waals surface area contributed by atoms with Crippen LogP contribution in [0.1, 0.15) is 31.2 Å². The largest absolute Gasteiger partial charge is 0.365 e. The maximum atomic E-state index is 12.5. The molecule has 0 saturated heterocycles. The summed E-state index contributed by atoms with van der Waals surface area (Å²) >= 11 is 1.36. The molecule has 1 aromatic heterocycles. The van der Waals surface area contributed by atoms with Crippen LogP contribution in [0.5, 0.6) is 0 Å². The third-order valence-electron chi connectivity index (χ3n) is 4.11. The SMILES string of the molecule is Cc1sc(NC(=O)c2ccc(-c3ccccc3)cc2)c(C(N)=O)c1C. The summed E-state index contributed by atoms with van der Waals surface area (Å²) in [5, 5.41) is 3.31. The van der Waals surface area contributed by atoms with Crippen LogP contribution in [0.4, 0.5) is 5.00 Å². The predicted octanol–water partition coefficient (Wildman–Crippen LogP) is 4.38. The number of benzene rings is 2. The van der Waals surface area contributed by atoms with Gasteiger partial charge in [-0.1, -0.05) is 42.5 Å². The Labute approximate surface area is 150 Å². The van der Waals surface area contributed by atoms with Crippen LogP contribution in [0.3, 0.4) is 0 Å². The molecule has 0 atom stereocenters. The van der Waals surface area contributed by atoms with E-state index in [-0.39, 0.29) is 5.91 Å². The second-order valence-corrected chi connectivity index (χ2v) is 6.97. The van der Waals surface area contributed by atoms with E-state index < -0.39 is 5.91 Å². The molecule has 2 amide bonds. The summed E-state index contributed by atoms with van der Waals surface area (Å²) in [4.78, 5) is 25.1. The molecule has 0 fully saturated rings. The number of anilines is 1. The van der Waals surface area contributed by atoms with Gasteiger partial charge in [-0.15, -0.1) is 11.3 Å². The molecule has 5 heteroatoms. The first kappa shape index (κ1) is 16.9. The molecule has 0 aliphatic rings. The molecular weight excluding hydrogens is 332 g/mol. The predicted molar refractivity (Wildman–Crippen MR) is 102 cm³/mol. The van der Waals surface area contributed by atoms with Crippen molar-refractivity contribution in [2.24, 2.45) is 5.73 Å². The highest BCUT2D eigenvalue weighted by Gasteiger charge is 2.19. The van der Waals surface area contributed by atoms with Crippen LogP contribution in [0.25, 0.3) is 11.1 Å². The average Bonchev–Trinajstić information content (AvgIpc) is 2.89. The van der Waals surface area contributed by atoms with Gasteiger partial charge in [0.2, 0.25) is 0 Å². The number of primary amides is 1. The summed E-state index contributed by atoms with van der Waals surface area (Å²) in [7, 11) is 0. The number of hydrogen-bond acceptors (Lipinski definition) is 3. The lowest BCUT2D eigenvalue weighted by Gasteiger charge is -2.07. The minimum Gasteiger partial charge on any atom is -0.365 e. The smallest absolute Gasteiger partial charge is 0.256 e. The van der Waals surface area contributed by atoms with Gasteiger partial charge in [-0.2, -0.15) is 0 Å². The number of thiophene rings is 1. The molecule has 3 rings (SSSR count). The van der Waals surface area contributed by atoms with E-state index in [2.05, 4.69) is 5.32 Å². The van der Waals surface area contributed by atoms with Gasteiger partial charge in [-0.3, -0.25) is 9.59 Å². The Kier molecular flexibility index (Phi) is 4.67.